The molecule has 0 aromatic heterocycles. The molecule has 0 amide bonds. The second kappa shape index (κ2) is 7.78. The molecule has 4 heteroatoms. The van der Waals surface area contributed by atoms with E-state index < -0.39 is 0 Å². The summed E-state index contributed by atoms with van der Waals surface area (Å²) in [4.78, 5) is 4.91. The molecule has 0 aliphatic carbocycles. The molecule has 1 aromatic rings. The summed E-state index contributed by atoms with van der Waals surface area (Å²) in [7, 11) is 3.88. The molecular formula is C17H29N3O. The van der Waals surface area contributed by atoms with Crippen LogP contribution in [-0.4, -0.2) is 56.2 Å². The fraction of sp³-hybridized carbons (Fsp3) is 0.647. The summed E-state index contributed by atoms with van der Waals surface area (Å²) < 4.78 is 5.34. The van der Waals surface area contributed by atoms with Crippen LogP contribution in [0.2, 0.25) is 0 Å². The lowest BCUT2D eigenvalue weighted by Crippen LogP contribution is -2.40. The van der Waals surface area contributed by atoms with Gasteiger partial charge in [-0.1, -0.05) is 12.1 Å². The van der Waals surface area contributed by atoms with Crippen LogP contribution in [0.25, 0.3) is 0 Å². The second-order valence-electron chi connectivity index (χ2n) is 6.11. The molecule has 118 valence electrons. The quantitative estimate of drug-likeness (QED) is 0.835. The molecule has 0 saturated carbocycles. The number of hydrogen-bond donors (Lipinski definition) is 1. The molecule has 1 saturated heterocycles. The Hall–Kier alpha value is -1.10. The summed E-state index contributed by atoms with van der Waals surface area (Å²) in [6.45, 7) is 6.75. The first-order chi connectivity index (χ1) is 10.1. The van der Waals surface area contributed by atoms with Gasteiger partial charge in [-0.25, -0.2) is 0 Å². The van der Waals surface area contributed by atoms with Crippen molar-refractivity contribution >= 4 is 0 Å². The third kappa shape index (κ3) is 4.43. The molecular weight excluding hydrogens is 262 g/mol. The minimum Gasteiger partial charge on any atom is -0.497 e. The van der Waals surface area contributed by atoms with Crippen molar-refractivity contribution in [3.8, 4) is 5.75 Å². The summed E-state index contributed by atoms with van der Waals surface area (Å²) >= 11 is 0. The first kappa shape index (κ1) is 16.3. The van der Waals surface area contributed by atoms with Gasteiger partial charge in [-0.2, -0.15) is 0 Å². The van der Waals surface area contributed by atoms with Gasteiger partial charge in [-0.15, -0.1) is 0 Å². The minimum absolute atomic E-state index is 0.0840. The molecule has 1 heterocycles. The van der Waals surface area contributed by atoms with Crippen LogP contribution in [0.15, 0.2) is 24.3 Å². The highest BCUT2D eigenvalue weighted by atomic mass is 16.5. The molecule has 21 heavy (non-hydrogen) atoms. The smallest absolute Gasteiger partial charge is 0.119 e. The molecule has 1 aliphatic rings. The van der Waals surface area contributed by atoms with E-state index in [4.69, 9.17) is 10.5 Å². The van der Waals surface area contributed by atoms with Gasteiger partial charge < -0.3 is 15.4 Å². The zero-order chi connectivity index (χ0) is 15.2. The van der Waals surface area contributed by atoms with Gasteiger partial charge in [-0.05, 0) is 57.6 Å². The van der Waals surface area contributed by atoms with Gasteiger partial charge in [0.25, 0.3) is 0 Å². The van der Waals surface area contributed by atoms with Crippen molar-refractivity contribution in [3.63, 3.8) is 0 Å². The number of likely N-dealkylation sites (tertiary alicyclic amines) is 1. The SMILES string of the molecule is COc1cccc(C(C(C)N)N(C)CCN2CCCC2)c1. The summed E-state index contributed by atoms with van der Waals surface area (Å²) in [5.41, 5.74) is 7.48. The highest BCUT2D eigenvalue weighted by molar-refractivity contribution is 5.31. The molecule has 0 bridgehead atoms. The van der Waals surface area contributed by atoms with Crippen molar-refractivity contribution in [1.82, 2.24) is 9.80 Å². The van der Waals surface area contributed by atoms with Crippen molar-refractivity contribution in [3.05, 3.63) is 29.8 Å². The standard InChI is InChI=1S/C17H29N3O/c1-14(18)17(15-7-6-8-16(13-15)21-3)19(2)11-12-20-9-4-5-10-20/h6-8,13-14,17H,4-5,9-12,18H2,1-3H3. The molecule has 0 spiro atoms. The predicted octanol–water partition coefficient (Wildman–Crippen LogP) is 2.11. The summed E-state index contributed by atoms with van der Waals surface area (Å²) in [6.07, 6.45) is 2.69. The molecule has 0 radical (unpaired) electrons. The number of benzene rings is 1. The molecule has 4 nitrogen and oxygen atoms in total. The Bertz CT molecular complexity index is 430. The number of likely N-dealkylation sites (N-methyl/N-ethyl adjacent to an activating group) is 1. The van der Waals surface area contributed by atoms with E-state index in [0.717, 1.165) is 18.8 Å². The molecule has 1 aromatic carbocycles. The van der Waals surface area contributed by atoms with Crippen LogP contribution in [0.3, 0.4) is 0 Å². The van der Waals surface area contributed by atoms with Gasteiger partial charge in [0.15, 0.2) is 0 Å². The fourth-order valence-electron chi connectivity index (χ4n) is 3.23. The zero-order valence-electron chi connectivity index (χ0n) is 13.6. The normalized spacial score (nSPS) is 18.9. The highest BCUT2D eigenvalue weighted by Gasteiger charge is 2.22. The number of hydrogen-bond acceptors (Lipinski definition) is 4. The van der Waals surface area contributed by atoms with Crippen molar-refractivity contribution in [2.24, 2.45) is 5.73 Å². The van der Waals surface area contributed by atoms with Gasteiger partial charge >= 0.3 is 0 Å². The molecule has 1 fully saturated rings. The number of nitrogens with zero attached hydrogens (tertiary/aromatic N) is 2. The van der Waals surface area contributed by atoms with E-state index in [1.54, 1.807) is 7.11 Å². The maximum Gasteiger partial charge on any atom is 0.119 e. The molecule has 2 atom stereocenters. The van der Waals surface area contributed by atoms with Crippen LogP contribution in [0, 0.1) is 0 Å². The largest absolute Gasteiger partial charge is 0.497 e. The van der Waals surface area contributed by atoms with Crippen LogP contribution in [0.4, 0.5) is 0 Å². The van der Waals surface area contributed by atoms with E-state index >= 15 is 0 Å². The minimum atomic E-state index is 0.0840. The molecule has 1 aliphatic heterocycles. The van der Waals surface area contributed by atoms with Crippen molar-refractivity contribution in [1.29, 1.82) is 0 Å². The maximum atomic E-state index is 6.25. The monoisotopic (exact) mass is 291 g/mol. The van der Waals surface area contributed by atoms with Gasteiger partial charge in [-0.3, -0.25) is 4.90 Å². The third-order valence-corrected chi connectivity index (χ3v) is 4.38. The van der Waals surface area contributed by atoms with Gasteiger partial charge in [0.05, 0.1) is 7.11 Å². The van der Waals surface area contributed by atoms with Gasteiger partial charge in [0.2, 0.25) is 0 Å². The van der Waals surface area contributed by atoms with E-state index in [2.05, 4.69) is 35.9 Å². The maximum absolute atomic E-state index is 6.25. The predicted molar refractivity (Wildman–Crippen MR) is 87.7 cm³/mol. The lowest BCUT2D eigenvalue weighted by molar-refractivity contribution is 0.188. The lowest BCUT2D eigenvalue weighted by Gasteiger charge is -2.32. The Labute approximate surface area is 128 Å². The Morgan fingerprint density at radius 2 is 2.05 bits per heavy atom. The van der Waals surface area contributed by atoms with Crippen molar-refractivity contribution < 1.29 is 4.74 Å². The van der Waals surface area contributed by atoms with Crippen LogP contribution in [-0.2, 0) is 0 Å². The van der Waals surface area contributed by atoms with Gasteiger partial charge in [0, 0.05) is 25.2 Å². The van der Waals surface area contributed by atoms with Crippen molar-refractivity contribution in [2.45, 2.75) is 31.8 Å². The number of ether oxygens (including phenoxy) is 1. The number of nitrogens with two attached hydrogens (primary N) is 1. The number of methoxy groups -OCH3 is 1. The Morgan fingerprint density at radius 1 is 1.33 bits per heavy atom. The molecule has 2 N–H and O–H groups in total. The number of rotatable bonds is 7. The first-order valence-corrected chi connectivity index (χ1v) is 7.94. The topological polar surface area (TPSA) is 41.7 Å². The fourth-order valence-corrected chi connectivity index (χ4v) is 3.23. The highest BCUT2D eigenvalue weighted by Crippen LogP contribution is 2.25. The Kier molecular flexibility index (Phi) is 6.03. The third-order valence-electron chi connectivity index (χ3n) is 4.38. The lowest BCUT2D eigenvalue weighted by atomic mass is 9.99. The Balaban J connectivity index is 2.02. The molecule has 2 unspecified atom stereocenters. The van der Waals surface area contributed by atoms with Crippen LogP contribution in [0.5, 0.6) is 5.75 Å². The molecule has 2 rings (SSSR count). The average molecular weight is 291 g/mol. The summed E-state index contributed by atoms with van der Waals surface area (Å²) in [5.74, 6) is 0.895. The summed E-state index contributed by atoms with van der Waals surface area (Å²) in [5, 5.41) is 0. The van der Waals surface area contributed by atoms with Crippen LogP contribution >= 0.6 is 0 Å². The van der Waals surface area contributed by atoms with Crippen molar-refractivity contribution in [2.75, 3.05) is 40.3 Å². The van der Waals surface area contributed by atoms with E-state index in [0.29, 0.717) is 0 Å². The van der Waals surface area contributed by atoms with Crippen LogP contribution in [0.1, 0.15) is 31.4 Å². The first-order valence-electron chi connectivity index (χ1n) is 7.94. The van der Waals surface area contributed by atoms with E-state index in [1.807, 2.05) is 12.1 Å². The van der Waals surface area contributed by atoms with E-state index in [-0.39, 0.29) is 12.1 Å². The van der Waals surface area contributed by atoms with E-state index in [1.165, 1.54) is 31.5 Å². The van der Waals surface area contributed by atoms with E-state index in [9.17, 15) is 0 Å². The van der Waals surface area contributed by atoms with Gasteiger partial charge in [0.1, 0.15) is 5.75 Å². The zero-order valence-corrected chi connectivity index (χ0v) is 13.6. The average Bonchev–Trinajstić information content (AvgIpc) is 2.98. The van der Waals surface area contributed by atoms with Crippen LogP contribution < -0.4 is 10.5 Å². The summed E-state index contributed by atoms with van der Waals surface area (Å²) in [6, 6.07) is 8.57. The second-order valence-corrected chi connectivity index (χ2v) is 6.11. The Morgan fingerprint density at radius 3 is 2.67 bits per heavy atom.